The first kappa shape index (κ1) is 22.2. The summed E-state index contributed by atoms with van der Waals surface area (Å²) in [5.41, 5.74) is -0.456. The number of pyridine rings is 2. The maximum absolute atomic E-state index is 13.1. The number of fused-ring (bicyclic) bond motifs is 1. The van der Waals surface area contributed by atoms with Crippen molar-refractivity contribution in [3.8, 4) is 0 Å². The molecule has 0 saturated carbocycles. The largest absolute Gasteiger partial charge is 0.418 e. The number of aromatic nitrogens is 2. The minimum absolute atomic E-state index is 0.270. The molecule has 0 atom stereocenters. The molecule has 0 aliphatic heterocycles. The third kappa shape index (κ3) is 5.19. The molecule has 8 heteroatoms. The number of hydrogen-bond acceptors (Lipinski definition) is 3. The van der Waals surface area contributed by atoms with Crippen LogP contribution in [0, 0.1) is 0 Å². The van der Waals surface area contributed by atoms with Crippen LogP contribution in [0.15, 0.2) is 84.3 Å². The molecule has 2 heterocycles. The molecule has 1 amide bonds. The highest BCUT2D eigenvalue weighted by Crippen LogP contribution is 2.31. The van der Waals surface area contributed by atoms with Crippen molar-refractivity contribution in [2.75, 3.05) is 0 Å². The van der Waals surface area contributed by atoms with Crippen LogP contribution in [-0.4, -0.2) is 15.9 Å². The summed E-state index contributed by atoms with van der Waals surface area (Å²) in [5.74, 6) is -0.972. The average Bonchev–Trinajstić information content (AvgIpc) is 2.76. The highest BCUT2D eigenvalue weighted by Gasteiger charge is 2.35. The molecule has 3 aromatic rings. The molecular formula is C23H17ClF3N3O. The van der Waals surface area contributed by atoms with Gasteiger partial charge in [0.15, 0.2) is 0 Å². The van der Waals surface area contributed by atoms with Gasteiger partial charge in [-0.2, -0.15) is 13.2 Å². The Morgan fingerprint density at radius 1 is 1.03 bits per heavy atom. The van der Waals surface area contributed by atoms with Gasteiger partial charge in [0, 0.05) is 34.1 Å². The Hall–Kier alpha value is -3.45. The van der Waals surface area contributed by atoms with Crippen molar-refractivity contribution in [3.63, 3.8) is 0 Å². The zero-order chi connectivity index (χ0) is 22.6. The van der Waals surface area contributed by atoms with Crippen LogP contribution >= 0.6 is 11.6 Å². The Labute approximate surface area is 181 Å². The van der Waals surface area contributed by atoms with Gasteiger partial charge in [-0.05, 0) is 42.7 Å². The molecule has 2 aromatic heterocycles. The van der Waals surface area contributed by atoms with Gasteiger partial charge in [0.25, 0.3) is 5.91 Å². The third-order valence-corrected chi connectivity index (χ3v) is 4.72. The number of amides is 1. The molecule has 0 bridgehead atoms. The molecule has 0 aliphatic rings. The van der Waals surface area contributed by atoms with Crippen molar-refractivity contribution >= 4 is 33.9 Å². The van der Waals surface area contributed by atoms with Crippen molar-refractivity contribution in [3.05, 3.63) is 101 Å². The van der Waals surface area contributed by atoms with Gasteiger partial charge < -0.3 is 5.32 Å². The van der Waals surface area contributed by atoms with E-state index in [1.165, 1.54) is 19.1 Å². The number of carbonyl (C=O) groups excluding carboxylic acids is 1. The van der Waals surface area contributed by atoms with E-state index < -0.39 is 23.3 Å². The van der Waals surface area contributed by atoms with Gasteiger partial charge >= 0.3 is 6.18 Å². The van der Waals surface area contributed by atoms with Crippen LogP contribution in [-0.2, 0) is 6.18 Å². The van der Waals surface area contributed by atoms with E-state index in [4.69, 9.17) is 11.6 Å². The zero-order valence-corrected chi connectivity index (χ0v) is 17.1. The first-order valence-electron chi connectivity index (χ1n) is 9.09. The van der Waals surface area contributed by atoms with E-state index in [0.717, 1.165) is 29.1 Å². The van der Waals surface area contributed by atoms with E-state index in [9.17, 15) is 18.0 Å². The van der Waals surface area contributed by atoms with Gasteiger partial charge in [0.1, 0.15) is 5.69 Å². The maximum atomic E-state index is 13.1. The summed E-state index contributed by atoms with van der Waals surface area (Å²) in [4.78, 5) is 20.2. The van der Waals surface area contributed by atoms with Crippen LogP contribution in [0.2, 0.25) is 0 Å². The third-order valence-electron chi connectivity index (χ3n) is 4.37. The van der Waals surface area contributed by atoms with Crippen LogP contribution in [0.5, 0.6) is 0 Å². The number of nitrogens with zero attached hydrogens (tertiary/aromatic N) is 2. The molecular weight excluding hydrogens is 427 g/mol. The molecule has 0 unspecified atom stereocenters. The molecule has 0 aliphatic carbocycles. The van der Waals surface area contributed by atoms with E-state index in [-0.39, 0.29) is 10.7 Å². The number of nitrogens with one attached hydrogen (secondary N) is 1. The molecule has 0 spiro atoms. The van der Waals surface area contributed by atoms with Gasteiger partial charge in [-0.15, -0.1) is 0 Å². The molecule has 31 heavy (non-hydrogen) atoms. The number of benzene rings is 1. The monoisotopic (exact) mass is 443 g/mol. The first-order chi connectivity index (χ1) is 14.7. The minimum Gasteiger partial charge on any atom is -0.325 e. The standard InChI is InChI=1S/C23H17ClF3N3O/c1-14(30-22(31)21-18(23(25,26)27)8-5-12-28-21)9-10-19(24)15(2)20-17-7-4-3-6-16(17)11-13-29-20/h3-13H,2H2,1H3,(H,30,31)/b14-9+,19-10+. The van der Waals surface area contributed by atoms with Crippen molar-refractivity contribution in [1.82, 2.24) is 15.3 Å². The lowest BCUT2D eigenvalue weighted by atomic mass is 10.0. The van der Waals surface area contributed by atoms with Gasteiger partial charge in [0.05, 0.1) is 11.3 Å². The fourth-order valence-electron chi connectivity index (χ4n) is 2.87. The lowest BCUT2D eigenvalue weighted by Crippen LogP contribution is -2.26. The second kappa shape index (κ2) is 9.14. The predicted octanol–water partition coefficient (Wildman–Crippen LogP) is 6.12. The fourth-order valence-corrected chi connectivity index (χ4v) is 3.02. The second-order valence-electron chi connectivity index (χ2n) is 6.57. The number of allylic oxidation sites excluding steroid dienone is 5. The van der Waals surface area contributed by atoms with Gasteiger partial charge in [-0.25, -0.2) is 0 Å². The topological polar surface area (TPSA) is 54.9 Å². The highest BCUT2D eigenvalue weighted by atomic mass is 35.5. The number of alkyl halides is 3. The summed E-state index contributed by atoms with van der Waals surface area (Å²) in [7, 11) is 0. The first-order valence-corrected chi connectivity index (χ1v) is 9.47. The number of carbonyl (C=O) groups is 1. The quantitative estimate of drug-likeness (QED) is 0.483. The summed E-state index contributed by atoms with van der Waals surface area (Å²) in [5, 5.41) is 4.51. The summed E-state index contributed by atoms with van der Waals surface area (Å²) < 4.78 is 39.3. The van der Waals surface area contributed by atoms with Crippen LogP contribution in [0.1, 0.15) is 28.7 Å². The molecule has 0 radical (unpaired) electrons. The Kier molecular flexibility index (Phi) is 6.56. The molecule has 1 aromatic carbocycles. The average molecular weight is 444 g/mol. The molecule has 3 rings (SSSR count). The highest BCUT2D eigenvalue weighted by molar-refractivity contribution is 6.37. The van der Waals surface area contributed by atoms with Crippen molar-refractivity contribution in [2.45, 2.75) is 13.1 Å². The molecule has 0 saturated heterocycles. The summed E-state index contributed by atoms with van der Waals surface area (Å²) in [6, 6.07) is 11.4. The van der Waals surface area contributed by atoms with Crippen LogP contribution < -0.4 is 5.32 Å². The lowest BCUT2D eigenvalue weighted by molar-refractivity contribution is -0.138. The number of rotatable bonds is 5. The normalized spacial score (nSPS) is 12.7. The Morgan fingerprint density at radius 2 is 1.74 bits per heavy atom. The van der Waals surface area contributed by atoms with E-state index in [1.807, 2.05) is 30.3 Å². The smallest absolute Gasteiger partial charge is 0.325 e. The van der Waals surface area contributed by atoms with Crippen LogP contribution in [0.3, 0.4) is 0 Å². The van der Waals surface area contributed by atoms with Gasteiger partial charge in [-0.1, -0.05) is 42.4 Å². The lowest BCUT2D eigenvalue weighted by Gasteiger charge is -2.11. The van der Waals surface area contributed by atoms with Crippen molar-refractivity contribution < 1.29 is 18.0 Å². The number of halogens is 4. The zero-order valence-electron chi connectivity index (χ0n) is 16.4. The van der Waals surface area contributed by atoms with Crippen molar-refractivity contribution in [1.29, 1.82) is 0 Å². The van der Waals surface area contributed by atoms with Crippen LogP contribution in [0.4, 0.5) is 13.2 Å². The molecule has 0 fully saturated rings. The molecule has 4 nitrogen and oxygen atoms in total. The van der Waals surface area contributed by atoms with E-state index >= 15 is 0 Å². The molecule has 1 N–H and O–H groups in total. The molecule has 158 valence electrons. The van der Waals surface area contributed by atoms with E-state index in [2.05, 4.69) is 21.9 Å². The summed E-state index contributed by atoms with van der Waals surface area (Å²) in [6.07, 6.45) is 1.05. The van der Waals surface area contributed by atoms with Gasteiger partial charge in [0.2, 0.25) is 0 Å². The van der Waals surface area contributed by atoms with Crippen LogP contribution in [0.25, 0.3) is 16.3 Å². The SMILES string of the molecule is C=C(/C(Cl)=C\C=C(/C)NC(=O)c1ncccc1C(F)(F)F)c1nccc2ccccc12. The Morgan fingerprint density at radius 3 is 2.48 bits per heavy atom. The van der Waals surface area contributed by atoms with Gasteiger partial charge in [-0.3, -0.25) is 14.8 Å². The van der Waals surface area contributed by atoms with E-state index in [1.54, 1.807) is 6.20 Å². The minimum atomic E-state index is -4.69. The fraction of sp³-hybridized carbons (Fsp3) is 0.0870. The second-order valence-corrected chi connectivity index (χ2v) is 6.98. The predicted molar refractivity (Wildman–Crippen MR) is 115 cm³/mol. The van der Waals surface area contributed by atoms with E-state index in [0.29, 0.717) is 11.3 Å². The number of hydrogen-bond donors (Lipinski definition) is 1. The Balaban J connectivity index is 1.79. The maximum Gasteiger partial charge on any atom is 0.418 e. The Bertz CT molecular complexity index is 1210. The summed E-state index contributed by atoms with van der Waals surface area (Å²) in [6.45, 7) is 5.51. The van der Waals surface area contributed by atoms with Crippen molar-refractivity contribution in [2.24, 2.45) is 0 Å². The summed E-state index contributed by atoms with van der Waals surface area (Å²) >= 11 is 6.35.